The van der Waals surface area contributed by atoms with Gasteiger partial charge in [0.05, 0.1) is 6.10 Å². The SMILES string of the molecule is NCC(c1cccc(Br)c1)C(O)c1c(Cl)cccc1Cl. The van der Waals surface area contributed by atoms with E-state index in [0.717, 1.165) is 10.0 Å². The van der Waals surface area contributed by atoms with Gasteiger partial charge in [-0.1, -0.05) is 57.3 Å². The van der Waals surface area contributed by atoms with Crippen LogP contribution in [0.2, 0.25) is 10.0 Å². The minimum atomic E-state index is -0.851. The van der Waals surface area contributed by atoms with Crippen LogP contribution in [0, 0.1) is 0 Å². The summed E-state index contributed by atoms with van der Waals surface area (Å²) in [6.45, 7) is 0.291. The average Bonchev–Trinajstić information content (AvgIpc) is 2.39. The van der Waals surface area contributed by atoms with E-state index in [1.165, 1.54) is 0 Å². The van der Waals surface area contributed by atoms with E-state index in [4.69, 9.17) is 28.9 Å². The second-order valence-corrected chi connectivity index (χ2v) is 6.21. The van der Waals surface area contributed by atoms with Crippen LogP contribution in [-0.2, 0) is 0 Å². The Kier molecular flexibility index (Phi) is 5.47. The van der Waals surface area contributed by atoms with Crippen LogP contribution in [0.1, 0.15) is 23.1 Å². The zero-order valence-corrected chi connectivity index (χ0v) is 13.7. The topological polar surface area (TPSA) is 46.2 Å². The molecule has 0 saturated heterocycles. The smallest absolute Gasteiger partial charge is 0.0899 e. The summed E-state index contributed by atoms with van der Waals surface area (Å²) in [6, 6.07) is 12.9. The number of rotatable bonds is 4. The van der Waals surface area contributed by atoms with Crippen LogP contribution in [0.4, 0.5) is 0 Å². The van der Waals surface area contributed by atoms with Crippen molar-refractivity contribution in [1.29, 1.82) is 0 Å². The Morgan fingerprint density at radius 3 is 2.25 bits per heavy atom. The highest BCUT2D eigenvalue weighted by molar-refractivity contribution is 9.10. The molecule has 0 bridgehead atoms. The lowest BCUT2D eigenvalue weighted by atomic mass is 9.89. The molecular formula is C15H14BrCl2NO. The standard InChI is InChI=1S/C15H14BrCl2NO/c16-10-4-1-3-9(7-10)11(8-19)15(20)14-12(17)5-2-6-13(14)18/h1-7,11,15,20H,8,19H2. The Morgan fingerprint density at radius 2 is 1.70 bits per heavy atom. The number of aliphatic hydroxyl groups excluding tert-OH is 1. The van der Waals surface area contributed by atoms with Crippen molar-refractivity contribution in [2.24, 2.45) is 5.73 Å². The van der Waals surface area contributed by atoms with Gasteiger partial charge in [0.1, 0.15) is 0 Å². The van der Waals surface area contributed by atoms with Gasteiger partial charge in [-0.25, -0.2) is 0 Å². The summed E-state index contributed by atoms with van der Waals surface area (Å²) in [5, 5.41) is 11.5. The molecule has 2 aromatic rings. The van der Waals surface area contributed by atoms with Crippen molar-refractivity contribution in [3.8, 4) is 0 Å². The largest absolute Gasteiger partial charge is 0.388 e. The van der Waals surface area contributed by atoms with Crippen LogP contribution in [-0.4, -0.2) is 11.7 Å². The maximum atomic E-state index is 10.6. The molecule has 2 rings (SSSR count). The van der Waals surface area contributed by atoms with Crippen molar-refractivity contribution >= 4 is 39.1 Å². The van der Waals surface area contributed by atoms with Gasteiger partial charge in [0, 0.05) is 32.5 Å². The molecule has 2 nitrogen and oxygen atoms in total. The molecule has 0 aromatic heterocycles. The molecule has 0 spiro atoms. The lowest BCUT2D eigenvalue weighted by Gasteiger charge is -2.24. The van der Waals surface area contributed by atoms with E-state index < -0.39 is 6.10 Å². The van der Waals surface area contributed by atoms with Gasteiger partial charge in [0.25, 0.3) is 0 Å². The zero-order valence-electron chi connectivity index (χ0n) is 10.6. The molecule has 0 saturated carbocycles. The van der Waals surface area contributed by atoms with Gasteiger partial charge in [-0.15, -0.1) is 0 Å². The predicted molar refractivity (Wildman–Crippen MR) is 87.4 cm³/mol. The van der Waals surface area contributed by atoms with Crippen LogP contribution < -0.4 is 5.73 Å². The number of benzene rings is 2. The number of hydrogen-bond donors (Lipinski definition) is 2. The summed E-state index contributed by atoms with van der Waals surface area (Å²) in [5.74, 6) is -0.273. The fourth-order valence-electron chi connectivity index (χ4n) is 2.18. The second kappa shape index (κ2) is 6.92. The molecule has 0 aliphatic heterocycles. The summed E-state index contributed by atoms with van der Waals surface area (Å²) in [7, 11) is 0. The Hall–Kier alpha value is -0.580. The van der Waals surface area contributed by atoms with Crippen LogP contribution in [0.3, 0.4) is 0 Å². The van der Waals surface area contributed by atoms with Gasteiger partial charge in [-0.3, -0.25) is 0 Å². The minimum Gasteiger partial charge on any atom is -0.388 e. The third-order valence-electron chi connectivity index (χ3n) is 3.21. The Balaban J connectivity index is 2.41. The van der Waals surface area contributed by atoms with E-state index in [1.54, 1.807) is 18.2 Å². The highest BCUT2D eigenvalue weighted by Crippen LogP contribution is 2.38. The molecule has 2 aromatic carbocycles. The highest BCUT2D eigenvalue weighted by Gasteiger charge is 2.25. The van der Waals surface area contributed by atoms with Crippen molar-refractivity contribution in [3.05, 3.63) is 68.1 Å². The molecule has 106 valence electrons. The molecule has 5 heteroatoms. The summed E-state index contributed by atoms with van der Waals surface area (Å²) >= 11 is 15.7. The Labute approximate surface area is 136 Å². The fourth-order valence-corrected chi connectivity index (χ4v) is 3.22. The third kappa shape index (κ3) is 3.35. The quantitative estimate of drug-likeness (QED) is 0.825. The number of hydrogen-bond acceptors (Lipinski definition) is 2. The predicted octanol–water partition coefficient (Wildman–Crippen LogP) is 4.53. The average molecular weight is 375 g/mol. The van der Waals surface area contributed by atoms with Crippen molar-refractivity contribution in [2.75, 3.05) is 6.54 Å². The monoisotopic (exact) mass is 373 g/mol. The number of nitrogens with two attached hydrogens (primary N) is 1. The summed E-state index contributed by atoms with van der Waals surface area (Å²) in [5.41, 5.74) is 7.29. The van der Waals surface area contributed by atoms with Gasteiger partial charge >= 0.3 is 0 Å². The first kappa shape index (κ1) is 15.8. The summed E-state index contributed by atoms with van der Waals surface area (Å²) < 4.78 is 0.936. The van der Waals surface area contributed by atoms with Crippen LogP contribution >= 0.6 is 39.1 Å². The first-order valence-corrected chi connectivity index (χ1v) is 7.67. The molecule has 0 amide bonds. The minimum absolute atomic E-state index is 0.273. The fraction of sp³-hybridized carbons (Fsp3) is 0.200. The second-order valence-electron chi connectivity index (χ2n) is 4.48. The van der Waals surface area contributed by atoms with Crippen LogP contribution in [0.5, 0.6) is 0 Å². The van der Waals surface area contributed by atoms with E-state index in [-0.39, 0.29) is 5.92 Å². The molecule has 0 aliphatic rings. The molecule has 2 unspecified atom stereocenters. The lowest BCUT2D eigenvalue weighted by molar-refractivity contribution is 0.147. The van der Waals surface area contributed by atoms with Gasteiger partial charge in [-0.05, 0) is 29.8 Å². The van der Waals surface area contributed by atoms with Crippen molar-refractivity contribution in [1.82, 2.24) is 0 Å². The highest BCUT2D eigenvalue weighted by atomic mass is 79.9. The first-order chi connectivity index (χ1) is 9.54. The Bertz CT molecular complexity index is 586. The number of aliphatic hydroxyl groups is 1. The first-order valence-electron chi connectivity index (χ1n) is 6.12. The zero-order chi connectivity index (χ0) is 14.7. The van der Waals surface area contributed by atoms with E-state index in [1.807, 2.05) is 24.3 Å². The molecule has 3 N–H and O–H groups in total. The van der Waals surface area contributed by atoms with Gasteiger partial charge < -0.3 is 10.8 Å². The van der Waals surface area contributed by atoms with Crippen LogP contribution in [0.15, 0.2) is 46.9 Å². The van der Waals surface area contributed by atoms with Crippen molar-refractivity contribution in [3.63, 3.8) is 0 Å². The summed E-state index contributed by atoms with van der Waals surface area (Å²) in [4.78, 5) is 0. The summed E-state index contributed by atoms with van der Waals surface area (Å²) in [6.07, 6.45) is -0.851. The molecule has 0 fully saturated rings. The Morgan fingerprint density at radius 1 is 1.10 bits per heavy atom. The van der Waals surface area contributed by atoms with E-state index in [2.05, 4.69) is 15.9 Å². The van der Waals surface area contributed by atoms with E-state index in [0.29, 0.717) is 22.2 Å². The third-order valence-corrected chi connectivity index (χ3v) is 4.36. The van der Waals surface area contributed by atoms with E-state index in [9.17, 15) is 5.11 Å². The van der Waals surface area contributed by atoms with Crippen LogP contribution in [0.25, 0.3) is 0 Å². The number of halogens is 3. The van der Waals surface area contributed by atoms with Crippen molar-refractivity contribution < 1.29 is 5.11 Å². The van der Waals surface area contributed by atoms with Gasteiger partial charge in [0.2, 0.25) is 0 Å². The van der Waals surface area contributed by atoms with Gasteiger partial charge in [-0.2, -0.15) is 0 Å². The van der Waals surface area contributed by atoms with Crippen molar-refractivity contribution in [2.45, 2.75) is 12.0 Å². The van der Waals surface area contributed by atoms with Gasteiger partial charge in [0.15, 0.2) is 0 Å². The molecule has 20 heavy (non-hydrogen) atoms. The van der Waals surface area contributed by atoms with E-state index >= 15 is 0 Å². The molecule has 0 heterocycles. The normalized spacial score (nSPS) is 14.1. The maximum Gasteiger partial charge on any atom is 0.0899 e. The maximum absolute atomic E-state index is 10.6. The lowest BCUT2D eigenvalue weighted by Crippen LogP contribution is -2.20. The molecule has 0 aliphatic carbocycles. The molecular weight excluding hydrogens is 361 g/mol. The molecule has 0 radical (unpaired) electrons. The molecule has 2 atom stereocenters.